The predicted molar refractivity (Wildman–Crippen MR) is 109 cm³/mol. The van der Waals surface area contributed by atoms with Crippen LogP contribution in [0.15, 0.2) is 24.3 Å². The van der Waals surface area contributed by atoms with Crippen LogP contribution in [0.25, 0.3) is 0 Å². The molecule has 0 atom stereocenters. The molecule has 1 spiro atoms. The quantitative estimate of drug-likeness (QED) is 0.603. The number of piperidine rings is 1. The minimum Gasteiger partial charge on any atom is -1.00 e. The van der Waals surface area contributed by atoms with Crippen molar-refractivity contribution in [3.8, 4) is 5.75 Å². The van der Waals surface area contributed by atoms with Crippen LogP contribution < -0.4 is 22.0 Å². The number of methoxy groups -OCH3 is 1. The lowest BCUT2D eigenvalue weighted by Gasteiger charge is -2.39. The van der Waals surface area contributed by atoms with Gasteiger partial charge >= 0.3 is 0 Å². The van der Waals surface area contributed by atoms with Gasteiger partial charge in [0.2, 0.25) is 11.8 Å². The Kier molecular flexibility index (Phi) is 7.06. The van der Waals surface area contributed by atoms with Crippen molar-refractivity contribution in [3.63, 3.8) is 0 Å². The molecule has 1 aromatic rings. The molecular weight excluding hydrogens is 390 g/mol. The number of nitrogens with zero attached hydrogens (tertiary/aromatic N) is 3. The van der Waals surface area contributed by atoms with Gasteiger partial charge in [-0.05, 0) is 30.4 Å². The minimum absolute atomic E-state index is 0. The summed E-state index contributed by atoms with van der Waals surface area (Å²) in [5, 5.41) is 0. The van der Waals surface area contributed by atoms with Gasteiger partial charge in [0, 0.05) is 52.1 Å². The molecule has 0 bridgehead atoms. The molecule has 160 valence electrons. The number of carbonyl (C=O) groups is 2. The molecule has 29 heavy (non-hydrogen) atoms. The zero-order valence-electron chi connectivity index (χ0n) is 17.2. The van der Waals surface area contributed by atoms with Crippen LogP contribution in [-0.4, -0.2) is 68.0 Å². The van der Waals surface area contributed by atoms with E-state index >= 15 is 0 Å². The first-order valence-electron chi connectivity index (χ1n) is 10.5. The number of likely N-dealkylation sites (tertiary alicyclic amines) is 1. The first kappa shape index (κ1) is 21.9. The van der Waals surface area contributed by atoms with E-state index in [9.17, 15) is 9.59 Å². The lowest BCUT2D eigenvalue weighted by Crippen LogP contribution is -3.00. The van der Waals surface area contributed by atoms with Gasteiger partial charge in [-0.15, -0.1) is 0 Å². The summed E-state index contributed by atoms with van der Waals surface area (Å²) in [6, 6.07) is 8.11. The van der Waals surface area contributed by atoms with Gasteiger partial charge in [-0.3, -0.25) is 19.4 Å². The first-order chi connectivity index (χ1) is 13.6. The molecule has 2 amide bonds. The average Bonchev–Trinajstić information content (AvgIpc) is 3.15. The van der Waals surface area contributed by atoms with Crippen LogP contribution in [-0.2, 0) is 9.59 Å². The number of piperazine rings is 1. The topological polar surface area (TPSA) is 53.1 Å². The number of para-hydroxylation sites is 2. The van der Waals surface area contributed by atoms with Crippen molar-refractivity contribution in [3.05, 3.63) is 24.3 Å². The zero-order valence-corrected chi connectivity index (χ0v) is 18.0. The minimum atomic E-state index is -0.00890. The second-order valence-corrected chi connectivity index (χ2v) is 8.50. The second-order valence-electron chi connectivity index (χ2n) is 8.50. The first-order valence-corrected chi connectivity index (χ1v) is 10.5. The molecular formula is C22H31ClN3O3-. The van der Waals surface area contributed by atoms with Gasteiger partial charge in [0.25, 0.3) is 0 Å². The normalized spacial score (nSPS) is 22.1. The molecule has 1 aromatic carbocycles. The summed E-state index contributed by atoms with van der Waals surface area (Å²) >= 11 is 0. The highest BCUT2D eigenvalue weighted by molar-refractivity contribution is 5.98. The van der Waals surface area contributed by atoms with Gasteiger partial charge < -0.3 is 22.0 Å². The fourth-order valence-electron chi connectivity index (χ4n) is 5.11. The highest BCUT2D eigenvalue weighted by Gasteiger charge is 2.44. The Balaban J connectivity index is 0.00000240. The monoisotopic (exact) mass is 420 g/mol. The molecule has 1 saturated carbocycles. The lowest BCUT2D eigenvalue weighted by molar-refractivity contribution is -0.153. The second kappa shape index (κ2) is 9.35. The Hall–Kier alpha value is -1.79. The Morgan fingerprint density at radius 1 is 0.931 bits per heavy atom. The third-order valence-electron chi connectivity index (χ3n) is 6.76. The summed E-state index contributed by atoms with van der Waals surface area (Å²) in [7, 11) is 1.71. The lowest BCUT2D eigenvalue weighted by atomic mass is 9.76. The number of benzene rings is 1. The SMILES string of the molecule is COc1ccccc1N1CCN(CCN2C(=O)CC3(CCCC3)CC2=O)CC1.[Cl-]. The maximum Gasteiger partial charge on any atom is 0.229 e. The Morgan fingerprint density at radius 2 is 1.55 bits per heavy atom. The van der Waals surface area contributed by atoms with Gasteiger partial charge in [0.15, 0.2) is 0 Å². The molecule has 0 aromatic heterocycles. The van der Waals surface area contributed by atoms with Crippen molar-refractivity contribution in [2.75, 3.05) is 51.3 Å². The fourth-order valence-corrected chi connectivity index (χ4v) is 5.11. The van der Waals surface area contributed by atoms with Crippen LogP contribution in [0.4, 0.5) is 5.69 Å². The van der Waals surface area contributed by atoms with Crippen LogP contribution in [0.3, 0.4) is 0 Å². The van der Waals surface area contributed by atoms with Crippen LogP contribution in [0.5, 0.6) is 5.75 Å². The van der Waals surface area contributed by atoms with Crippen LogP contribution in [0.1, 0.15) is 38.5 Å². The number of carbonyl (C=O) groups excluding carboxylic acids is 2. The Morgan fingerprint density at radius 3 is 2.17 bits per heavy atom. The molecule has 7 heteroatoms. The summed E-state index contributed by atoms with van der Waals surface area (Å²) in [5.41, 5.74) is 1.12. The molecule has 6 nitrogen and oxygen atoms in total. The molecule has 0 N–H and O–H groups in total. The number of rotatable bonds is 5. The van der Waals surface area contributed by atoms with E-state index in [0.717, 1.165) is 69.8 Å². The summed E-state index contributed by atoms with van der Waals surface area (Å²) in [6.07, 6.45) is 5.56. The highest BCUT2D eigenvalue weighted by Crippen LogP contribution is 2.46. The van der Waals surface area contributed by atoms with E-state index in [2.05, 4.69) is 15.9 Å². The molecule has 0 radical (unpaired) electrons. The number of imide groups is 1. The van der Waals surface area contributed by atoms with E-state index in [0.29, 0.717) is 19.4 Å². The van der Waals surface area contributed by atoms with Crippen molar-refractivity contribution >= 4 is 17.5 Å². The number of hydrogen-bond donors (Lipinski definition) is 0. The molecule has 2 saturated heterocycles. The molecule has 2 aliphatic heterocycles. The third-order valence-corrected chi connectivity index (χ3v) is 6.76. The standard InChI is InChI=1S/C22H31N3O3.ClH/c1-28-19-7-3-2-6-18(19)24-13-10-23(11-14-24)12-15-25-20(26)16-22(17-21(25)27)8-4-5-9-22;/h2-3,6-7H,4-5,8-17H2,1H3;1H/p-1. The van der Waals surface area contributed by atoms with Gasteiger partial charge in [-0.2, -0.15) is 0 Å². The van der Waals surface area contributed by atoms with Crippen LogP contribution in [0, 0.1) is 5.41 Å². The molecule has 3 aliphatic rings. The summed E-state index contributed by atoms with van der Waals surface area (Å²) < 4.78 is 5.48. The number of halogens is 1. The molecule has 1 aliphatic carbocycles. The van der Waals surface area contributed by atoms with Crippen molar-refractivity contribution in [2.24, 2.45) is 5.41 Å². The van der Waals surface area contributed by atoms with E-state index in [1.165, 1.54) is 4.90 Å². The van der Waals surface area contributed by atoms with E-state index in [1.807, 2.05) is 18.2 Å². The van der Waals surface area contributed by atoms with Gasteiger partial charge in [0.05, 0.1) is 12.8 Å². The van der Waals surface area contributed by atoms with Gasteiger partial charge in [-0.25, -0.2) is 0 Å². The Bertz CT molecular complexity index is 708. The number of ether oxygens (including phenoxy) is 1. The smallest absolute Gasteiger partial charge is 0.229 e. The fraction of sp³-hybridized carbons (Fsp3) is 0.636. The van der Waals surface area contributed by atoms with Gasteiger partial charge in [0.1, 0.15) is 5.75 Å². The molecule has 4 rings (SSSR count). The van der Waals surface area contributed by atoms with Crippen molar-refractivity contribution in [1.29, 1.82) is 0 Å². The summed E-state index contributed by atoms with van der Waals surface area (Å²) in [5.74, 6) is 0.998. The largest absolute Gasteiger partial charge is 1.00 e. The van der Waals surface area contributed by atoms with E-state index < -0.39 is 0 Å². The highest BCUT2D eigenvalue weighted by atomic mass is 35.5. The summed E-state index contributed by atoms with van der Waals surface area (Å²) in [6.45, 7) is 5.00. The zero-order chi connectivity index (χ0) is 19.6. The predicted octanol–water partition coefficient (Wildman–Crippen LogP) is -0.469. The van der Waals surface area contributed by atoms with Crippen molar-refractivity contribution in [2.45, 2.75) is 38.5 Å². The van der Waals surface area contributed by atoms with Crippen LogP contribution >= 0.6 is 0 Å². The van der Waals surface area contributed by atoms with E-state index in [4.69, 9.17) is 4.74 Å². The Labute approximate surface area is 179 Å². The number of amides is 2. The average molecular weight is 421 g/mol. The number of anilines is 1. The molecule has 2 heterocycles. The summed E-state index contributed by atoms with van der Waals surface area (Å²) in [4.78, 5) is 31.4. The maximum absolute atomic E-state index is 12.6. The van der Waals surface area contributed by atoms with E-state index in [-0.39, 0.29) is 29.6 Å². The van der Waals surface area contributed by atoms with Gasteiger partial charge in [-0.1, -0.05) is 25.0 Å². The molecule has 3 fully saturated rings. The van der Waals surface area contributed by atoms with Crippen molar-refractivity contribution in [1.82, 2.24) is 9.80 Å². The molecule has 0 unspecified atom stereocenters. The van der Waals surface area contributed by atoms with E-state index in [1.54, 1.807) is 7.11 Å². The van der Waals surface area contributed by atoms with Crippen molar-refractivity contribution < 1.29 is 26.7 Å². The maximum atomic E-state index is 12.6. The third kappa shape index (κ3) is 4.69. The van der Waals surface area contributed by atoms with Crippen LogP contribution in [0.2, 0.25) is 0 Å². The number of hydrogen-bond acceptors (Lipinski definition) is 5.